The van der Waals surface area contributed by atoms with Crippen LogP contribution in [-0.4, -0.2) is 59.1 Å². The molecule has 96 valence electrons. The van der Waals surface area contributed by atoms with E-state index in [4.69, 9.17) is 5.73 Å². The third-order valence-electron chi connectivity index (χ3n) is 2.98. The summed E-state index contributed by atoms with van der Waals surface area (Å²) >= 11 is 0. The van der Waals surface area contributed by atoms with Gasteiger partial charge in [-0.2, -0.15) is 0 Å². The predicted molar refractivity (Wildman–Crippen MR) is 60.0 cm³/mol. The lowest BCUT2D eigenvalue weighted by Crippen LogP contribution is -2.71. The number of aliphatic imine (C=N–C) groups is 1. The molecule has 2 aliphatic heterocycles. The SMILES string of the molecule is C[C@H](O)[C@H](O)[C@@H]1CNC2C(=O)NC(N)=NC2N1. The van der Waals surface area contributed by atoms with Crippen LogP contribution in [0.4, 0.5) is 0 Å². The molecule has 0 spiro atoms. The molecule has 8 heteroatoms. The Kier molecular flexibility index (Phi) is 3.29. The highest BCUT2D eigenvalue weighted by Crippen LogP contribution is 2.11. The van der Waals surface area contributed by atoms with E-state index in [-0.39, 0.29) is 17.9 Å². The first-order chi connectivity index (χ1) is 7.99. The largest absolute Gasteiger partial charge is 0.391 e. The Morgan fingerprint density at radius 2 is 2.24 bits per heavy atom. The lowest BCUT2D eigenvalue weighted by Gasteiger charge is -2.39. The molecule has 7 N–H and O–H groups in total. The number of fused-ring (bicyclic) bond motifs is 1. The van der Waals surface area contributed by atoms with Crippen LogP contribution in [0, 0.1) is 0 Å². The van der Waals surface area contributed by atoms with Gasteiger partial charge in [-0.1, -0.05) is 0 Å². The lowest BCUT2D eigenvalue weighted by atomic mass is 10.0. The van der Waals surface area contributed by atoms with Gasteiger partial charge in [0.2, 0.25) is 5.91 Å². The minimum atomic E-state index is -0.926. The van der Waals surface area contributed by atoms with Crippen LogP contribution in [0.25, 0.3) is 0 Å². The van der Waals surface area contributed by atoms with Crippen LogP contribution in [0.1, 0.15) is 6.92 Å². The first-order valence-corrected chi connectivity index (χ1v) is 5.48. The van der Waals surface area contributed by atoms with Gasteiger partial charge in [0.05, 0.1) is 12.2 Å². The number of nitrogens with two attached hydrogens (primary N) is 1. The average molecular weight is 243 g/mol. The standard InChI is InChI=1S/C9H17N5O3/c1-3(15)6(16)4-2-11-5-7(12-4)13-9(10)14-8(5)17/h3-7,11-12,15-16H,2H2,1H3,(H3,10,13,14,17)/t3-,4-,5?,6-,7?/m0/s1. The van der Waals surface area contributed by atoms with E-state index in [1.807, 2.05) is 0 Å². The van der Waals surface area contributed by atoms with Crippen LogP contribution >= 0.6 is 0 Å². The molecule has 0 aromatic rings. The molecule has 0 saturated carbocycles. The lowest BCUT2D eigenvalue weighted by molar-refractivity contribution is -0.124. The summed E-state index contributed by atoms with van der Waals surface area (Å²) in [5.41, 5.74) is 5.45. The number of carbonyl (C=O) groups is 1. The van der Waals surface area contributed by atoms with Gasteiger partial charge in [0.1, 0.15) is 12.2 Å². The van der Waals surface area contributed by atoms with E-state index in [1.54, 1.807) is 0 Å². The number of rotatable bonds is 2. The number of piperazine rings is 1. The van der Waals surface area contributed by atoms with Gasteiger partial charge >= 0.3 is 0 Å². The van der Waals surface area contributed by atoms with Crippen molar-refractivity contribution in [3.05, 3.63) is 0 Å². The summed E-state index contributed by atoms with van der Waals surface area (Å²) in [6.07, 6.45) is -2.30. The van der Waals surface area contributed by atoms with Crippen molar-refractivity contribution >= 4 is 11.9 Å². The molecule has 8 nitrogen and oxygen atoms in total. The minimum Gasteiger partial charge on any atom is -0.391 e. The second-order valence-corrected chi connectivity index (χ2v) is 4.34. The van der Waals surface area contributed by atoms with Crippen molar-refractivity contribution in [1.29, 1.82) is 0 Å². The van der Waals surface area contributed by atoms with Gasteiger partial charge in [-0.3, -0.25) is 15.4 Å². The zero-order valence-electron chi connectivity index (χ0n) is 9.42. The Balaban J connectivity index is 2.08. The monoisotopic (exact) mass is 243 g/mol. The smallest absolute Gasteiger partial charge is 0.247 e. The van der Waals surface area contributed by atoms with Crippen molar-refractivity contribution < 1.29 is 15.0 Å². The van der Waals surface area contributed by atoms with E-state index in [2.05, 4.69) is 20.9 Å². The van der Waals surface area contributed by atoms with Gasteiger partial charge in [-0.15, -0.1) is 0 Å². The summed E-state index contributed by atoms with van der Waals surface area (Å²) < 4.78 is 0. The summed E-state index contributed by atoms with van der Waals surface area (Å²) in [5.74, 6) is -0.197. The van der Waals surface area contributed by atoms with Crippen molar-refractivity contribution in [2.45, 2.75) is 37.4 Å². The molecule has 0 aromatic carbocycles. The molecule has 0 bridgehead atoms. The fourth-order valence-electron chi connectivity index (χ4n) is 2.03. The van der Waals surface area contributed by atoms with E-state index in [9.17, 15) is 15.0 Å². The summed E-state index contributed by atoms with van der Waals surface area (Å²) in [6, 6.07) is -0.876. The van der Waals surface area contributed by atoms with Crippen molar-refractivity contribution in [3.63, 3.8) is 0 Å². The number of hydrogen-bond donors (Lipinski definition) is 6. The Hall–Kier alpha value is -1.22. The maximum atomic E-state index is 11.6. The zero-order valence-corrected chi connectivity index (χ0v) is 9.42. The number of aliphatic hydroxyl groups is 2. The van der Waals surface area contributed by atoms with Crippen LogP contribution < -0.4 is 21.7 Å². The molecular formula is C9H17N5O3. The predicted octanol–water partition coefficient (Wildman–Crippen LogP) is -3.57. The van der Waals surface area contributed by atoms with Crippen LogP contribution in [0.15, 0.2) is 4.99 Å². The highest BCUT2D eigenvalue weighted by atomic mass is 16.3. The van der Waals surface area contributed by atoms with Crippen molar-refractivity contribution in [2.24, 2.45) is 10.7 Å². The molecule has 2 aliphatic rings. The Morgan fingerprint density at radius 1 is 1.53 bits per heavy atom. The Bertz CT molecular complexity index is 346. The minimum absolute atomic E-state index is 0.0535. The van der Waals surface area contributed by atoms with Crippen LogP contribution in [0.3, 0.4) is 0 Å². The van der Waals surface area contributed by atoms with Crippen LogP contribution in [0.5, 0.6) is 0 Å². The molecule has 2 rings (SSSR count). The number of nitrogens with one attached hydrogen (secondary N) is 3. The van der Waals surface area contributed by atoms with Gasteiger partial charge in [0, 0.05) is 12.6 Å². The van der Waals surface area contributed by atoms with Gasteiger partial charge in [-0.05, 0) is 6.92 Å². The van der Waals surface area contributed by atoms with Crippen molar-refractivity contribution in [1.82, 2.24) is 16.0 Å². The summed E-state index contributed by atoms with van der Waals surface area (Å²) in [7, 11) is 0. The second-order valence-electron chi connectivity index (χ2n) is 4.34. The van der Waals surface area contributed by atoms with E-state index >= 15 is 0 Å². The number of aliphatic hydroxyl groups excluding tert-OH is 2. The summed E-state index contributed by atoms with van der Waals surface area (Å²) in [5, 5.41) is 27.4. The molecule has 2 unspecified atom stereocenters. The van der Waals surface area contributed by atoms with Gasteiger partial charge in [-0.25, -0.2) is 4.99 Å². The maximum absolute atomic E-state index is 11.6. The first kappa shape index (κ1) is 12.2. The zero-order chi connectivity index (χ0) is 12.6. The maximum Gasteiger partial charge on any atom is 0.247 e. The highest BCUT2D eigenvalue weighted by Gasteiger charge is 2.40. The quantitative estimate of drug-likeness (QED) is 0.297. The number of hydrogen-bond acceptors (Lipinski definition) is 7. The molecule has 5 atom stereocenters. The molecule has 1 amide bonds. The second kappa shape index (κ2) is 4.57. The third kappa shape index (κ3) is 2.39. The highest BCUT2D eigenvalue weighted by molar-refractivity contribution is 6.01. The molecule has 0 radical (unpaired) electrons. The average Bonchev–Trinajstić information content (AvgIpc) is 2.26. The van der Waals surface area contributed by atoms with Gasteiger partial charge < -0.3 is 21.3 Å². The first-order valence-electron chi connectivity index (χ1n) is 5.48. The van der Waals surface area contributed by atoms with Crippen LogP contribution in [0.2, 0.25) is 0 Å². The van der Waals surface area contributed by atoms with E-state index in [0.29, 0.717) is 6.54 Å². The number of nitrogens with zero attached hydrogens (tertiary/aromatic N) is 1. The Labute approximate surface area is 98.3 Å². The van der Waals surface area contributed by atoms with E-state index in [1.165, 1.54) is 6.92 Å². The van der Waals surface area contributed by atoms with E-state index < -0.39 is 24.4 Å². The fourth-order valence-corrected chi connectivity index (χ4v) is 2.03. The Morgan fingerprint density at radius 3 is 2.88 bits per heavy atom. The molecule has 17 heavy (non-hydrogen) atoms. The summed E-state index contributed by atoms with van der Waals surface area (Å²) in [6.45, 7) is 1.87. The molecule has 1 saturated heterocycles. The topological polar surface area (TPSA) is 132 Å². The van der Waals surface area contributed by atoms with Crippen LogP contribution in [-0.2, 0) is 4.79 Å². The number of carbonyl (C=O) groups excluding carboxylic acids is 1. The third-order valence-corrected chi connectivity index (χ3v) is 2.98. The van der Waals surface area contributed by atoms with Gasteiger partial charge in [0.15, 0.2) is 5.96 Å². The fraction of sp³-hybridized carbons (Fsp3) is 0.778. The van der Waals surface area contributed by atoms with Crippen molar-refractivity contribution in [2.75, 3.05) is 6.54 Å². The number of guanidine groups is 1. The normalized spacial score (nSPS) is 36.5. The summed E-state index contributed by atoms with van der Waals surface area (Å²) in [4.78, 5) is 15.6. The molecular weight excluding hydrogens is 226 g/mol. The molecule has 0 aromatic heterocycles. The van der Waals surface area contributed by atoms with Crippen molar-refractivity contribution in [3.8, 4) is 0 Å². The number of amides is 1. The van der Waals surface area contributed by atoms with E-state index in [0.717, 1.165) is 0 Å². The molecule has 1 fully saturated rings. The molecule has 0 aliphatic carbocycles. The molecule has 2 heterocycles. The van der Waals surface area contributed by atoms with Gasteiger partial charge in [0.25, 0.3) is 0 Å².